The molecular weight excluding hydrogens is 504 g/mol. The topological polar surface area (TPSA) is 41.4 Å². The third-order valence-electron chi connectivity index (χ3n) is 9.38. The molecule has 2 atom stereocenters. The Morgan fingerprint density at radius 3 is 2.37 bits per heavy atom. The van der Waals surface area contributed by atoms with E-state index < -0.39 is 0 Å². The van der Waals surface area contributed by atoms with Gasteiger partial charge in [-0.15, -0.1) is 0 Å². The number of carbonyl (C=O) groups excluding carboxylic acids is 1. The zero-order chi connectivity index (χ0) is 28.2. The zero-order valence-electron chi connectivity index (χ0n) is 25.0. The van der Waals surface area contributed by atoms with Crippen molar-refractivity contribution in [3.8, 4) is 0 Å². The largest absolute Gasteiger partial charge is 0.331 e. The summed E-state index contributed by atoms with van der Waals surface area (Å²) >= 11 is 0. The molecule has 1 amide bonds. The van der Waals surface area contributed by atoms with E-state index >= 15 is 0 Å². The van der Waals surface area contributed by atoms with Gasteiger partial charge in [0.05, 0.1) is 17.6 Å². The zero-order valence-corrected chi connectivity index (χ0v) is 25.0. The fraction of sp³-hybridized carbons (Fsp3) is 0.500. The third-order valence-corrected chi connectivity index (χ3v) is 9.38. The van der Waals surface area contributed by atoms with Crippen LogP contribution < -0.4 is 0 Å². The lowest BCUT2D eigenvalue weighted by Crippen LogP contribution is -2.39. The lowest BCUT2D eigenvalue weighted by atomic mass is 9.78. The molecule has 0 spiro atoms. The maximum absolute atomic E-state index is 14.2. The van der Waals surface area contributed by atoms with E-state index in [2.05, 4.69) is 65.8 Å². The van der Waals surface area contributed by atoms with Gasteiger partial charge in [0.25, 0.3) is 5.91 Å². The van der Waals surface area contributed by atoms with Crippen LogP contribution >= 0.6 is 0 Å². The van der Waals surface area contributed by atoms with Gasteiger partial charge in [-0.3, -0.25) is 4.79 Å². The van der Waals surface area contributed by atoms with E-state index in [1.54, 1.807) is 0 Å². The second kappa shape index (κ2) is 12.8. The Labute approximate surface area is 245 Å². The summed E-state index contributed by atoms with van der Waals surface area (Å²) in [6, 6.07) is 22.8. The molecule has 0 bridgehead atoms. The highest BCUT2D eigenvalue weighted by Crippen LogP contribution is 2.34. The lowest BCUT2D eigenvalue weighted by Gasteiger charge is -2.37. The number of amides is 1. The number of benzene rings is 3. The predicted octanol–water partition coefficient (Wildman–Crippen LogP) is 7.78. The summed E-state index contributed by atoms with van der Waals surface area (Å²) in [6.45, 7) is 10.4. The van der Waals surface area contributed by atoms with Crippen molar-refractivity contribution in [2.24, 2.45) is 17.8 Å². The van der Waals surface area contributed by atoms with E-state index in [-0.39, 0.29) is 5.91 Å². The number of likely N-dealkylation sites (tertiary alicyclic amines) is 1. The first kappa shape index (κ1) is 28.0. The van der Waals surface area contributed by atoms with Gasteiger partial charge in [-0.1, -0.05) is 81.6 Å². The van der Waals surface area contributed by atoms with Crippen LogP contribution in [-0.2, 0) is 13.1 Å². The van der Waals surface area contributed by atoms with Crippen molar-refractivity contribution in [3.05, 3.63) is 78.1 Å². The molecule has 2 fully saturated rings. The van der Waals surface area contributed by atoms with Crippen molar-refractivity contribution >= 4 is 27.7 Å². The number of aromatic nitrogens is 2. The van der Waals surface area contributed by atoms with Crippen LogP contribution in [0.15, 0.2) is 66.7 Å². The van der Waals surface area contributed by atoms with Crippen LogP contribution in [0.5, 0.6) is 0 Å². The number of para-hydroxylation sites is 2. The summed E-state index contributed by atoms with van der Waals surface area (Å²) in [6.07, 6.45) is 9.39. The molecule has 0 radical (unpaired) electrons. The van der Waals surface area contributed by atoms with E-state index in [0.717, 1.165) is 40.1 Å². The molecular formula is C36H46N4O. The molecule has 1 aliphatic heterocycles. The summed E-state index contributed by atoms with van der Waals surface area (Å²) in [5, 5.41) is 2.12. The predicted molar refractivity (Wildman–Crippen MR) is 169 cm³/mol. The Morgan fingerprint density at radius 1 is 0.854 bits per heavy atom. The normalized spacial score (nSPS) is 20.2. The standard InChI is InChI=1S/C36H46N4O/c1-27(2)23-39(36(41)32-18-12-16-28-13-6-7-17-31(28)32)26-35-37-33-19-8-9-20-34(33)40(35)25-30-15-5-4-14-29(30)24-38-21-10-3-11-22-38/h6-9,12-13,16-20,27,29-30H,3-5,10-11,14-15,21-26H2,1-2H3. The number of hydrogen-bond acceptors (Lipinski definition) is 3. The third kappa shape index (κ3) is 6.35. The van der Waals surface area contributed by atoms with Crippen molar-refractivity contribution in [2.45, 2.75) is 71.9 Å². The minimum atomic E-state index is 0.0924. The van der Waals surface area contributed by atoms with Crippen LogP contribution in [0.2, 0.25) is 0 Å². The summed E-state index contributed by atoms with van der Waals surface area (Å²) < 4.78 is 2.47. The summed E-state index contributed by atoms with van der Waals surface area (Å²) in [5.41, 5.74) is 3.01. The molecule has 216 valence electrons. The van der Waals surface area contributed by atoms with E-state index in [1.165, 1.54) is 70.1 Å². The summed E-state index contributed by atoms with van der Waals surface area (Å²) in [4.78, 5) is 24.1. The highest BCUT2D eigenvalue weighted by molar-refractivity contribution is 6.07. The highest BCUT2D eigenvalue weighted by atomic mass is 16.2. The van der Waals surface area contributed by atoms with E-state index in [4.69, 9.17) is 4.98 Å². The van der Waals surface area contributed by atoms with Crippen LogP contribution in [-0.4, -0.2) is 51.4 Å². The number of hydrogen-bond donors (Lipinski definition) is 0. The fourth-order valence-corrected chi connectivity index (χ4v) is 7.34. The number of piperidine rings is 1. The number of carbonyl (C=O) groups is 1. The molecule has 1 aliphatic carbocycles. The van der Waals surface area contributed by atoms with Crippen LogP contribution in [0.25, 0.3) is 21.8 Å². The first-order valence-electron chi connectivity index (χ1n) is 16.0. The Morgan fingerprint density at radius 2 is 1.56 bits per heavy atom. The Bertz CT molecular complexity index is 1460. The fourth-order valence-electron chi connectivity index (χ4n) is 7.34. The van der Waals surface area contributed by atoms with Crippen molar-refractivity contribution in [1.29, 1.82) is 0 Å². The molecule has 5 nitrogen and oxygen atoms in total. The van der Waals surface area contributed by atoms with E-state index in [0.29, 0.717) is 24.9 Å². The SMILES string of the molecule is CC(C)CN(Cc1nc2ccccc2n1CC1CCCCC1CN1CCCCC1)C(=O)c1cccc2ccccc12. The molecule has 1 saturated heterocycles. The molecule has 1 saturated carbocycles. The number of imidazole rings is 1. The van der Waals surface area contributed by atoms with Gasteiger partial charge in [-0.05, 0) is 85.5 Å². The highest BCUT2D eigenvalue weighted by Gasteiger charge is 2.30. The molecule has 3 aromatic carbocycles. The summed E-state index contributed by atoms with van der Waals surface area (Å²) in [7, 11) is 0. The lowest BCUT2D eigenvalue weighted by molar-refractivity contribution is 0.0716. The molecule has 2 aliphatic rings. The molecule has 41 heavy (non-hydrogen) atoms. The molecule has 1 aromatic heterocycles. The minimum Gasteiger partial charge on any atom is -0.331 e. The van der Waals surface area contributed by atoms with Crippen LogP contribution in [0.4, 0.5) is 0 Å². The van der Waals surface area contributed by atoms with Gasteiger partial charge in [0, 0.05) is 25.2 Å². The van der Waals surface area contributed by atoms with Gasteiger partial charge < -0.3 is 14.4 Å². The number of fused-ring (bicyclic) bond motifs is 2. The molecule has 2 heterocycles. The maximum atomic E-state index is 14.2. The van der Waals surface area contributed by atoms with Crippen molar-refractivity contribution in [1.82, 2.24) is 19.4 Å². The van der Waals surface area contributed by atoms with Crippen molar-refractivity contribution in [2.75, 3.05) is 26.2 Å². The first-order valence-corrected chi connectivity index (χ1v) is 16.0. The minimum absolute atomic E-state index is 0.0924. The molecule has 5 heteroatoms. The van der Waals surface area contributed by atoms with Gasteiger partial charge in [0.15, 0.2) is 0 Å². The average Bonchev–Trinajstić information content (AvgIpc) is 3.34. The second-order valence-electron chi connectivity index (χ2n) is 12.9. The molecule has 6 rings (SSSR count). The monoisotopic (exact) mass is 550 g/mol. The van der Waals surface area contributed by atoms with Crippen LogP contribution in [0, 0.1) is 17.8 Å². The van der Waals surface area contributed by atoms with Gasteiger partial charge >= 0.3 is 0 Å². The smallest absolute Gasteiger partial charge is 0.254 e. The van der Waals surface area contributed by atoms with Crippen molar-refractivity contribution in [3.63, 3.8) is 0 Å². The Kier molecular flexibility index (Phi) is 8.71. The van der Waals surface area contributed by atoms with Gasteiger partial charge in [-0.25, -0.2) is 4.98 Å². The molecule has 0 N–H and O–H groups in total. The first-order chi connectivity index (χ1) is 20.1. The number of rotatable bonds is 9. The van der Waals surface area contributed by atoms with Crippen molar-refractivity contribution < 1.29 is 4.79 Å². The Balaban J connectivity index is 1.31. The average molecular weight is 551 g/mol. The summed E-state index contributed by atoms with van der Waals surface area (Å²) in [5.74, 6) is 2.85. The molecule has 4 aromatic rings. The van der Waals surface area contributed by atoms with Crippen LogP contribution in [0.3, 0.4) is 0 Å². The van der Waals surface area contributed by atoms with Gasteiger partial charge in [0.2, 0.25) is 0 Å². The second-order valence-corrected chi connectivity index (χ2v) is 12.9. The van der Waals surface area contributed by atoms with Gasteiger partial charge in [-0.2, -0.15) is 0 Å². The van der Waals surface area contributed by atoms with E-state index in [9.17, 15) is 4.79 Å². The van der Waals surface area contributed by atoms with Gasteiger partial charge in [0.1, 0.15) is 5.82 Å². The maximum Gasteiger partial charge on any atom is 0.254 e. The van der Waals surface area contributed by atoms with E-state index in [1.807, 2.05) is 29.2 Å². The quantitative estimate of drug-likeness (QED) is 0.214. The molecule has 2 unspecified atom stereocenters. The van der Waals surface area contributed by atoms with Crippen LogP contribution in [0.1, 0.15) is 75.0 Å². The number of nitrogens with zero attached hydrogens (tertiary/aromatic N) is 4. The Hall–Kier alpha value is -3.18.